The van der Waals surface area contributed by atoms with E-state index in [0.29, 0.717) is 5.69 Å². The smallest absolute Gasteiger partial charge is 0.143 e. The standard InChI is InChI=1S/C14H11BrN2/c15-13-7-4-11(5-8-13)3-6-12-2-1-9-17-14(12)10-16/h1-2,4-5,7-9H,3,6H2. The molecule has 0 fully saturated rings. The van der Waals surface area contributed by atoms with Crippen LogP contribution in [0.15, 0.2) is 47.1 Å². The maximum absolute atomic E-state index is 8.93. The Morgan fingerprint density at radius 1 is 1.12 bits per heavy atom. The average molecular weight is 287 g/mol. The van der Waals surface area contributed by atoms with Gasteiger partial charge in [0.2, 0.25) is 0 Å². The second kappa shape index (κ2) is 5.60. The number of nitrogens with zero attached hydrogens (tertiary/aromatic N) is 2. The van der Waals surface area contributed by atoms with Crippen LogP contribution in [0.1, 0.15) is 16.8 Å². The molecule has 2 nitrogen and oxygen atoms in total. The molecule has 0 N–H and O–H groups in total. The summed E-state index contributed by atoms with van der Waals surface area (Å²) >= 11 is 3.41. The van der Waals surface area contributed by atoms with Gasteiger partial charge in [-0.25, -0.2) is 4.98 Å². The molecule has 0 aliphatic rings. The number of aryl methyl sites for hydroxylation is 2. The van der Waals surface area contributed by atoms with Crippen molar-refractivity contribution < 1.29 is 0 Å². The molecule has 2 rings (SSSR count). The minimum Gasteiger partial charge on any atom is -0.245 e. The van der Waals surface area contributed by atoms with Gasteiger partial charge in [0, 0.05) is 10.7 Å². The molecule has 1 aromatic heterocycles. The number of pyridine rings is 1. The molecule has 0 amide bonds. The van der Waals surface area contributed by atoms with E-state index in [9.17, 15) is 0 Å². The molecule has 0 saturated carbocycles. The van der Waals surface area contributed by atoms with Crippen LogP contribution in [0.4, 0.5) is 0 Å². The Morgan fingerprint density at radius 3 is 2.59 bits per heavy atom. The SMILES string of the molecule is N#Cc1ncccc1CCc1ccc(Br)cc1. The van der Waals surface area contributed by atoms with E-state index in [-0.39, 0.29) is 0 Å². The highest BCUT2D eigenvalue weighted by Crippen LogP contribution is 2.13. The van der Waals surface area contributed by atoms with Gasteiger partial charge >= 0.3 is 0 Å². The number of nitriles is 1. The fourth-order valence-corrected chi connectivity index (χ4v) is 1.94. The number of hydrogen-bond acceptors (Lipinski definition) is 2. The van der Waals surface area contributed by atoms with Crippen molar-refractivity contribution in [2.75, 3.05) is 0 Å². The summed E-state index contributed by atoms with van der Waals surface area (Å²) in [5.74, 6) is 0. The van der Waals surface area contributed by atoms with Gasteiger partial charge in [-0.1, -0.05) is 34.1 Å². The maximum atomic E-state index is 8.93. The summed E-state index contributed by atoms with van der Waals surface area (Å²) in [6.45, 7) is 0. The van der Waals surface area contributed by atoms with Crippen LogP contribution in [0.3, 0.4) is 0 Å². The first kappa shape index (κ1) is 11.8. The third-order valence-corrected chi connectivity index (χ3v) is 3.12. The van der Waals surface area contributed by atoms with E-state index >= 15 is 0 Å². The summed E-state index contributed by atoms with van der Waals surface area (Å²) in [6.07, 6.45) is 3.42. The Bertz CT molecular complexity index is 541. The van der Waals surface area contributed by atoms with Gasteiger partial charge in [-0.2, -0.15) is 5.26 Å². The highest BCUT2D eigenvalue weighted by atomic mass is 79.9. The van der Waals surface area contributed by atoms with Crippen LogP contribution in [0.2, 0.25) is 0 Å². The highest BCUT2D eigenvalue weighted by Gasteiger charge is 2.02. The first-order chi connectivity index (χ1) is 8.29. The van der Waals surface area contributed by atoms with Crippen LogP contribution < -0.4 is 0 Å². The summed E-state index contributed by atoms with van der Waals surface area (Å²) in [6, 6.07) is 14.2. The molecule has 0 aliphatic heterocycles. The van der Waals surface area contributed by atoms with Crippen LogP contribution >= 0.6 is 15.9 Å². The Hall–Kier alpha value is -1.66. The lowest BCUT2D eigenvalue weighted by atomic mass is 10.0. The topological polar surface area (TPSA) is 36.7 Å². The molecular weight excluding hydrogens is 276 g/mol. The summed E-state index contributed by atoms with van der Waals surface area (Å²) in [4.78, 5) is 4.05. The zero-order valence-electron chi connectivity index (χ0n) is 9.23. The van der Waals surface area contributed by atoms with Crippen molar-refractivity contribution in [2.24, 2.45) is 0 Å². The molecule has 0 aliphatic carbocycles. The first-order valence-corrected chi connectivity index (χ1v) is 6.17. The van der Waals surface area contributed by atoms with Crippen molar-refractivity contribution in [3.63, 3.8) is 0 Å². The second-order valence-corrected chi connectivity index (χ2v) is 4.67. The normalized spacial score (nSPS) is 9.88. The Morgan fingerprint density at radius 2 is 1.88 bits per heavy atom. The third-order valence-electron chi connectivity index (χ3n) is 2.59. The van der Waals surface area contributed by atoms with Crippen molar-refractivity contribution in [1.82, 2.24) is 4.98 Å². The monoisotopic (exact) mass is 286 g/mol. The zero-order valence-corrected chi connectivity index (χ0v) is 10.8. The van der Waals surface area contributed by atoms with Gasteiger partial charge < -0.3 is 0 Å². The van der Waals surface area contributed by atoms with Crippen molar-refractivity contribution in [2.45, 2.75) is 12.8 Å². The Kier molecular flexibility index (Phi) is 3.89. The lowest BCUT2D eigenvalue weighted by Gasteiger charge is -2.03. The van der Waals surface area contributed by atoms with Crippen molar-refractivity contribution in [1.29, 1.82) is 5.26 Å². The average Bonchev–Trinajstić information content (AvgIpc) is 2.38. The van der Waals surface area contributed by atoms with Crippen LogP contribution in [-0.2, 0) is 12.8 Å². The van der Waals surface area contributed by atoms with E-state index in [1.54, 1.807) is 6.20 Å². The summed E-state index contributed by atoms with van der Waals surface area (Å²) < 4.78 is 1.08. The zero-order chi connectivity index (χ0) is 12.1. The summed E-state index contributed by atoms with van der Waals surface area (Å²) in [5.41, 5.74) is 2.81. The van der Waals surface area contributed by atoms with Gasteiger partial charge in [0.25, 0.3) is 0 Å². The van der Waals surface area contributed by atoms with Crippen molar-refractivity contribution >= 4 is 15.9 Å². The third kappa shape index (κ3) is 3.15. The predicted octanol–water partition coefficient (Wildman–Crippen LogP) is 3.50. The van der Waals surface area contributed by atoms with E-state index in [1.807, 2.05) is 24.3 Å². The van der Waals surface area contributed by atoms with E-state index in [1.165, 1.54) is 5.56 Å². The van der Waals surface area contributed by atoms with Crippen LogP contribution in [-0.4, -0.2) is 4.98 Å². The molecule has 0 radical (unpaired) electrons. The maximum Gasteiger partial charge on any atom is 0.143 e. The molecule has 0 saturated heterocycles. The number of aromatic nitrogens is 1. The molecule has 1 heterocycles. The van der Waals surface area contributed by atoms with Gasteiger partial charge in [0.15, 0.2) is 0 Å². The Labute approximate surface area is 109 Å². The Balaban J connectivity index is 2.08. The number of halogens is 1. The van der Waals surface area contributed by atoms with Crippen LogP contribution in [0.25, 0.3) is 0 Å². The second-order valence-electron chi connectivity index (χ2n) is 3.75. The largest absolute Gasteiger partial charge is 0.245 e. The molecular formula is C14H11BrN2. The minimum absolute atomic E-state index is 0.532. The van der Waals surface area contributed by atoms with Gasteiger partial charge in [-0.3, -0.25) is 0 Å². The van der Waals surface area contributed by atoms with Gasteiger partial charge in [-0.15, -0.1) is 0 Å². The lowest BCUT2D eigenvalue weighted by Crippen LogP contribution is -1.96. The van der Waals surface area contributed by atoms with Crippen LogP contribution in [0, 0.1) is 11.3 Å². The number of rotatable bonds is 3. The van der Waals surface area contributed by atoms with Gasteiger partial charge in [0.1, 0.15) is 11.8 Å². The fourth-order valence-electron chi connectivity index (χ4n) is 1.67. The molecule has 0 unspecified atom stereocenters. The molecule has 0 atom stereocenters. The highest BCUT2D eigenvalue weighted by molar-refractivity contribution is 9.10. The molecule has 0 bridgehead atoms. The van der Waals surface area contributed by atoms with Crippen molar-refractivity contribution in [3.8, 4) is 6.07 Å². The molecule has 17 heavy (non-hydrogen) atoms. The predicted molar refractivity (Wildman–Crippen MR) is 70.5 cm³/mol. The molecule has 84 valence electrons. The van der Waals surface area contributed by atoms with E-state index in [4.69, 9.17) is 5.26 Å². The van der Waals surface area contributed by atoms with E-state index in [2.05, 4.69) is 39.1 Å². The first-order valence-electron chi connectivity index (χ1n) is 5.38. The number of benzene rings is 1. The lowest BCUT2D eigenvalue weighted by molar-refractivity contribution is 0.942. The molecule has 1 aromatic carbocycles. The molecule has 3 heteroatoms. The summed E-state index contributed by atoms with van der Waals surface area (Å²) in [7, 11) is 0. The molecule has 0 spiro atoms. The molecule has 2 aromatic rings. The van der Waals surface area contributed by atoms with Gasteiger partial charge in [-0.05, 0) is 42.2 Å². The quantitative estimate of drug-likeness (QED) is 0.866. The summed E-state index contributed by atoms with van der Waals surface area (Å²) in [5, 5.41) is 8.93. The fraction of sp³-hybridized carbons (Fsp3) is 0.143. The van der Waals surface area contributed by atoms with E-state index in [0.717, 1.165) is 22.9 Å². The number of hydrogen-bond donors (Lipinski definition) is 0. The minimum atomic E-state index is 0.532. The van der Waals surface area contributed by atoms with Crippen molar-refractivity contribution in [3.05, 3.63) is 63.9 Å². The van der Waals surface area contributed by atoms with Gasteiger partial charge in [0.05, 0.1) is 0 Å². The van der Waals surface area contributed by atoms with E-state index < -0.39 is 0 Å². The van der Waals surface area contributed by atoms with Crippen LogP contribution in [0.5, 0.6) is 0 Å².